The second-order valence-corrected chi connectivity index (χ2v) is 8.56. The Bertz CT molecular complexity index is 926. The second-order valence-electron chi connectivity index (χ2n) is 8.56. The second kappa shape index (κ2) is 7.62. The number of hydrogen-bond acceptors (Lipinski definition) is 2. The normalized spacial score (nSPS) is 18.3. The van der Waals surface area contributed by atoms with Crippen molar-refractivity contribution in [3.8, 4) is 11.1 Å². The van der Waals surface area contributed by atoms with E-state index in [1.807, 2.05) is 17.9 Å². The Morgan fingerprint density at radius 3 is 2.14 bits per heavy atom. The largest absolute Gasteiger partial charge is 0.339 e. The van der Waals surface area contributed by atoms with E-state index >= 15 is 0 Å². The van der Waals surface area contributed by atoms with Crippen LogP contribution >= 0.6 is 0 Å². The number of aryl methyl sites for hydroxylation is 1. The van der Waals surface area contributed by atoms with Crippen LogP contribution in [0.2, 0.25) is 0 Å². The van der Waals surface area contributed by atoms with Gasteiger partial charge in [0.05, 0.1) is 0 Å². The fraction of sp³-hybridized carbons (Fsp3) is 0.417. The first kappa shape index (κ1) is 19.6. The van der Waals surface area contributed by atoms with Crippen LogP contribution in [0.3, 0.4) is 0 Å². The molecule has 0 aromatic heterocycles. The smallest absolute Gasteiger partial charge is 0.253 e. The number of halogens is 1. The van der Waals surface area contributed by atoms with Crippen molar-refractivity contribution < 1.29 is 14.0 Å². The third-order valence-electron chi connectivity index (χ3n) is 6.39. The van der Waals surface area contributed by atoms with Gasteiger partial charge < -0.3 is 9.80 Å². The molecular formula is C24H27FN2O2. The molecule has 1 saturated heterocycles. The molecular weight excluding hydrogens is 367 g/mol. The Labute approximate surface area is 171 Å². The molecule has 1 saturated carbocycles. The van der Waals surface area contributed by atoms with Crippen molar-refractivity contribution in [2.24, 2.45) is 5.41 Å². The number of benzene rings is 2. The average Bonchev–Trinajstić information content (AvgIpc) is 2.73. The van der Waals surface area contributed by atoms with Gasteiger partial charge >= 0.3 is 0 Å². The molecule has 0 spiro atoms. The Morgan fingerprint density at radius 1 is 0.931 bits per heavy atom. The number of carbonyl (C=O) groups excluding carboxylic acids is 2. The van der Waals surface area contributed by atoms with Gasteiger partial charge in [0.1, 0.15) is 5.82 Å². The molecule has 2 aromatic carbocycles. The topological polar surface area (TPSA) is 40.6 Å². The summed E-state index contributed by atoms with van der Waals surface area (Å²) in [5, 5.41) is 0. The van der Waals surface area contributed by atoms with Crippen LogP contribution in [0.15, 0.2) is 42.5 Å². The van der Waals surface area contributed by atoms with Gasteiger partial charge in [-0.2, -0.15) is 0 Å². The molecule has 1 aliphatic heterocycles. The highest BCUT2D eigenvalue weighted by Gasteiger charge is 2.42. The molecule has 1 heterocycles. The summed E-state index contributed by atoms with van der Waals surface area (Å²) in [5.74, 6) is -0.0702. The molecule has 0 N–H and O–H groups in total. The van der Waals surface area contributed by atoms with Crippen molar-refractivity contribution in [3.63, 3.8) is 0 Å². The predicted molar refractivity (Wildman–Crippen MR) is 111 cm³/mol. The molecule has 2 aromatic rings. The molecule has 2 aliphatic rings. The average molecular weight is 394 g/mol. The van der Waals surface area contributed by atoms with Gasteiger partial charge in [-0.1, -0.05) is 37.1 Å². The van der Waals surface area contributed by atoms with Gasteiger partial charge in [-0.3, -0.25) is 9.59 Å². The number of rotatable bonds is 3. The van der Waals surface area contributed by atoms with Gasteiger partial charge in [-0.05, 0) is 49.6 Å². The maximum atomic E-state index is 14.1. The van der Waals surface area contributed by atoms with Crippen molar-refractivity contribution in [2.45, 2.75) is 33.1 Å². The van der Waals surface area contributed by atoms with Gasteiger partial charge in [-0.15, -0.1) is 0 Å². The standard InChI is InChI=1S/C24H27FN2O2/c1-17-4-9-21(25)20(16-17)18-5-7-19(8-6-18)22(28)26-12-14-27(15-13-26)23(29)24(2)10-3-11-24/h4-9,16H,3,10-15H2,1-2H3. The van der Waals surface area contributed by atoms with Crippen molar-refractivity contribution in [3.05, 3.63) is 59.4 Å². The molecule has 5 heteroatoms. The van der Waals surface area contributed by atoms with Crippen molar-refractivity contribution in [1.82, 2.24) is 9.80 Å². The van der Waals surface area contributed by atoms with Crippen LogP contribution in [0.1, 0.15) is 42.1 Å². The van der Waals surface area contributed by atoms with E-state index in [0.717, 1.165) is 30.4 Å². The van der Waals surface area contributed by atoms with Crippen molar-refractivity contribution in [2.75, 3.05) is 26.2 Å². The van der Waals surface area contributed by atoms with E-state index < -0.39 is 0 Å². The highest BCUT2D eigenvalue weighted by molar-refractivity contribution is 5.95. The Balaban J connectivity index is 1.40. The summed E-state index contributed by atoms with van der Waals surface area (Å²) < 4.78 is 14.1. The van der Waals surface area contributed by atoms with E-state index in [9.17, 15) is 14.0 Å². The van der Waals surface area contributed by atoms with Gasteiger partial charge in [0.15, 0.2) is 0 Å². The van der Waals surface area contributed by atoms with Crippen molar-refractivity contribution in [1.29, 1.82) is 0 Å². The number of amides is 2. The Kier molecular flexibility index (Phi) is 5.15. The van der Waals surface area contributed by atoms with Crippen LogP contribution in [-0.4, -0.2) is 47.8 Å². The van der Waals surface area contributed by atoms with E-state index in [1.165, 1.54) is 6.07 Å². The predicted octanol–water partition coefficient (Wildman–Crippen LogP) is 4.28. The summed E-state index contributed by atoms with van der Waals surface area (Å²) in [6.07, 6.45) is 3.07. The molecule has 0 radical (unpaired) electrons. The van der Waals surface area contributed by atoms with E-state index in [2.05, 4.69) is 6.92 Å². The maximum absolute atomic E-state index is 14.1. The molecule has 0 atom stereocenters. The summed E-state index contributed by atoms with van der Waals surface area (Å²) in [6.45, 7) is 6.26. The fourth-order valence-corrected chi connectivity index (χ4v) is 4.25. The molecule has 152 valence electrons. The summed E-state index contributed by atoms with van der Waals surface area (Å²) in [5.41, 5.74) is 2.69. The third-order valence-corrected chi connectivity index (χ3v) is 6.39. The summed E-state index contributed by atoms with van der Waals surface area (Å²) in [4.78, 5) is 29.2. The van der Waals surface area contributed by atoms with E-state index in [1.54, 1.807) is 35.2 Å². The summed E-state index contributed by atoms with van der Waals surface area (Å²) in [6, 6.07) is 12.1. The summed E-state index contributed by atoms with van der Waals surface area (Å²) in [7, 11) is 0. The summed E-state index contributed by atoms with van der Waals surface area (Å²) >= 11 is 0. The third kappa shape index (κ3) is 3.78. The monoisotopic (exact) mass is 394 g/mol. The zero-order chi connectivity index (χ0) is 20.6. The van der Waals surface area contributed by atoms with Crippen LogP contribution in [0.25, 0.3) is 11.1 Å². The van der Waals surface area contributed by atoms with Crippen LogP contribution in [0, 0.1) is 18.2 Å². The molecule has 2 fully saturated rings. The lowest BCUT2D eigenvalue weighted by molar-refractivity contribution is -0.147. The molecule has 4 rings (SSSR count). The van der Waals surface area contributed by atoms with Gasteiger partial charge in [0, 0.05) is 42.7 Å². The Morgan fingerprint density at radius 2 is 1.55 bits per heavy atom. The van der Waals surface area contributed by atoms with Crippen LogP contribution in [0.4, 0.5) is 4.39 Å². The van der Waals surface area contributed by atoms with E-state index in [0.29, 0.717) is 37.3 Å². The van der Waals surface area contributed by atoms with Gasteiger partial charge in [0.25, 0.3) is 5.91 Å². The Hall–Kier alpha value is -2.69. The number of hydrogen-bond donors (Lipinski definition) is 0. The number of nitrogens with zero attached hydrogens (tertiary/aromatic N) is 2. The highest BCUT2D eigenvalue weighted by atomic mass is 19.1. The van der Waals surface area contributed by atoms with E-state index in [-0.39, 0.29) is 23.0 Å². The lowest BCUT2D eigenvalue weighted by Gasteiger charge is -2.43. The fourth-order valence-electron chi connectivity index (χ4n) is 4.25. The molecule has 0 unspecified atom stereocenters. The highest BCUT2D eigenvalue weighted by Crippen LogP contribution is 2.42. The van der Waals surface area contributed by atoms with Crippen LogP contribution < -0.4 is 0 Å². The van der Waals surface area contributed by atoms with Crippen LogP contribution in [-0.2, 0) is 4.79 Å². The number of carbonyl (C=O) groups is 2. The lowest BCUT2D eigenvalue weighted by Crippen LogP contribution is -2.55. The zero-order valence-electron chi connectivity index (χ0n) is 17.1. The van der Waals surface area contributed by atoms with Crippen LogP contribution in [0.5, 0.6) is 0 Å². The zero-order valence-corrected chi connectivity index (χ0v) is 17.1. The van der Waals surface area contributed by atoms with E-state index in [4.69, 9.17) is 0 Å². The minimum atomic E-state index is -0.268. The first-order valence-corrected chi connectivity index (χ1v) is 10.3. The first-order chi connectivity index (χ1) is 13.9. The molecule has 4 nitrogen and oxygen atoms in total. The molecule has 0 bridgehead atoms. The number of piperazine rings is 1. The minimum absolute atomic E-state index is 0.0387. The first-order valence-electron chi connectivity index (χ1n) is 10.3. The lowest BCUT2D eigenvalue weighted by atomic mass is 9.69. The van der Waals surface area contributed by atoms with Gasteiger partial charge in [0.2, 0.25) is 5.91 Å². The minimum Gasteiger partial charge on any atom is -0.339 e. The molecule has 2 amide bonds. The molecule has 29 heavy (non-hydrogen) atoms. The van der Waals surface area contributed by atoms with Crippen molar-refractivity contribution >= 4 is 11.8 Å². The maximum Gasteiger partial charge on any atom is 0.253 e. The van der Waals surface area contributed by atoms with Gasteiger partial charge in [-0.25, -0.2) is 4.39 Å². The quantitative estimate of drug-likeness (QED) is 0.780. The molecule has 1 aliphatic carbocycles. The SMILES string of the molecule is Cc1ccc(F)c(-c2ccc(C(=O)N3CCN(C(=O)C4(C)CCC4)CC3)cc2)c1.